The SMILES string of the molecule is CCCN(CCNCCN(C)C)C1CC1. The third kappa shape index (κ3) is 6.13. The van der Waals surface area contributed by atoms with Crippen molar-refractivity contribution in [3.8, 4) is 0 Å². The largest absolute Gasteiger partial charge is 0.314 e. The molecule has 1 N–H and O–H groups in total. The number of nitrogens with one attached hydrogen (secondary N) is 1. The van der Waals surface area contributed by atoms with E-state index in [9.17, 15) is 0 Å². The van der Waals surface area contributed by atoms with Crippen LogP contribution in [0.5, 0.6) is 0 Å². The molecule has 0 aromatic heterocycles. The van der Waals surface area contributed by atoms with E-state index in [0.717, 1.165) is 25.7 Å². The molecule has 0 heterocycles. The number of hydrogen-bond acceptors (Lipinski definition) is 3. The Morgan fingerprint density at radius 1 is 1.07 bits per heavy atom. The summed E-state index contributed by atoms with van der Waals surface area (Å²) in [5.74, 6) is 0. The van der Waals surface area contributed by atoms with Crippen molar-refractivity contribution in [2.45, 2.75) is 32.2 Å². The van der Waals surface area contributed by atoms with Crippen LogP contribution in [0.4, 0.5) is 0 Å². The number of nitrogens with zero attached hydrogens (tertiary/aromatic N) is 2. The van der Waals surface area contributed by atoms with Gasteiger partial charge in [-0.2, -0.15) is 0 Å². The minimum absolute atomic E-state index is 0.917. The van der Waals surface area contributed by atoms with Crippen molar-refractivity contribution in [2.24, 2.45) is 0 Å². The predicted molar refractivity (Wildman–Crippen MR) is 66.3 cm³/mol. The van der Waals surface area contributed by atoms with Crippen molar-refractivity contribution in [1.82, 2.24) is 15.1 Å². The first-order valence-electron chi connectivity index (χ1n) is 6.33. The Bertz CT molecular complexity index is 155. The van der Waals surface area contributed by atoms with Crippen LogP contribution in [0, 0.1) is 0 Å². The summed E-state index contributed by atoms with van der Waals surface area (Å²) < 4.78 is 0. The minimum Gasteiger partial charge on any atom is -0.314 e. The van der Waals surface area contributed by atoms with Gasteiger partial charge in [0.15, 0.2) is 0 Å². The Kier molecular flexibility index (Phi) is 6.22. The smallest absolute Gasteiger partial charge is 0.0110 e. The van der Waals surface area contributed by atoms with Gasteiger partial charge in [0.1, 0.15) is 0 Å². The molecule has 1 fully saturated rings. The first-order valence-corrected chi connectivity index (χ1v) is 6.33. The lowest BCUT2D eigenvalue weighted by atomic mass is 10.4. The number of rotatable bonds is 9. The van der Waals surface area contributed by atoms with E-state index in [0.29, 0.717) is 0 Å². The molecule has 0 spiro atoms. The van der Waals surface area contributed by atoms with Crippen LogP contribution in [-0.2, 0) is 0 Å². The molecule has 0 aromatic rings. The standard InChI is InChI=1S/C12H27N3/c1-4-9-15(12-5-6-12)11-8-13-7-10-14(2)3/h12-13H,4-11H2,1-3H3. The highest BCUT2D eigenvalue weighted by Crippen LogP contribution is 2.26. The molecule has 15 heavy (non-hydrogen) atoms. The van der Waals surface area contributed by atoms with E-state index in [2.05, 4.69) is 36.1 Å². The molecule has 0 aliphatic heterocycles. The maximum atomic E-state index is 3.50. The number of likely N-dealkylation sites (N-methyl/N-ethyl adjacent to an activating group) is 1. The van der Waals surface area contributed by atoms with Crippen molar-refractivity contribution >= 4 is 0 Å². The third-order valence-corrected chi connectivity index (χ3v) is 2.89. The Labute approximate surface area is 94.8 Å². The fraction of sp³-hybridized carbons (Fsp3) is 1.00. The second kappa shape index (κ2) is 7.20. The molecule has 0 radical (unpaired) electrons. The van der Waals surface area contributed by atoms with Gasteiger partial charge < -0.3 is 10.2 Å². The molecule has 1 aliphatic rings. The van der Waals surface area contributed by atoms with Crippen LogP contribution in [0.1, 0.15) is 26.2 Å². The fourth-order valence-electron chi connectivity index (χ4n) is 1.85. The molecule has 3 nitrogen and oxygen atoms in total. The predicted octanol–water partition coefficient (Wildman–Crippen LogP) is 1.01. The summed E-state index contributed by atoms with van der Waals surface area (Å²) in [6.07, 6.45) is 4.14. The summed E-state index contributed by atoms with van der Waals surface area (Å²) in [5.41, 5.74) is 0. The van der Waals surface area contributed by atoms with Crippen LogP contribution in [0.25, 0.3) is 0 Å². The molecule has 0 amide bonds. The summed E-state index contributed by atoms with van der Waals surface area (Å²) in [6.45, 7) is 8.17. The van der Waals surface area contributed by atoms with Gasteiger partial charge in [0.25, 0.3) is 0 Å². The topological polar surface area (TPSA) is 18.5 Å². The molecular weight excluding hydrogens is 186 g/mol. The molecule has 1 saturated carbocycles. The van der Waals surface area contributed by atoms with Crippen molar-refractivity contribution in [3.63, 3.8) is 0 Å². The van der Waals surface area contributed by atoms with E-state index in [4.69, 9.17) is 0 Å². The Balaban J connectivity index is 1.96. The molecule has 0 saturated heterocycles. The van der Waals surface area contributed by atoms with Crippen LogP contribution < -0.4 is 5.32 Å². The molecular formula is C12H27N3. The van der Waals surface area contributed by atoms with Crippen LogP contribution in [0.2, 0.25) is 0 Å². The Morgan fingerprint density at radius 2 is 1.73 bits per heavy atom. The molecule has 1 rings (SSSR count). The van der Waals surface area contributed by atoms with E-state index >= 15 is 0 Å². The van der Waals surface area contributed by atoms with Gasteiger partial charge in [-0.15, -0.1) is 0 Å². The quantitative estimate of drug-likeness (QED) is 0.577. The molecule has 0 atom stereocenters. The van der Waals surface area contributed by atoms with Gasteiger partial charge in [0.05, 0.1) is 0 Å². The van der Waals surface area contributed by atoms with Gasteiger partial charge in [0.2, 0.25) is 0 Å². The zero-order valence-corrected chi connectivity index (χ0v) is 10.6. The lowest BCUT2D eigenvalue weighted by Gasteiger charge is -2.21. The van der Waals surface area contributed by atoms with Crippen molar-refractivity contribution in [2.75, 3.05) is 46.8 Å². The van der Waals surface area contributed by atoms with Gasteiger partial charge >= 0.3 is 0 Å². The summed E-state index contributed by atoms with van der Waals surface area (Å²) in [7, 11) is 4.24. The summed E-state index contributed by atoms with van der Waals surface area (Å²) >= 11 is 0. The van der Waals surface area contributed by atoms with Gasteiger partial charge in [0, 0.05) is 32.2 Å². The summed E-state index contributed by atoms with van der Waals surface area (Å²) in [6, 6.07) is 0.917. The van der Waals surface area contributed by atoms with Gasteiger partial charge in [-0.1, -0.05) is 6.92 Å². The lowest BCUT2D eigenvalue weighted by molar-refractivity contribution is 0.262. The van der Waals surface area contributed by atoms with E-state index < -0.39 is 0 Å². The van der Waals surface area contributed by atoms with Crippen LogP contribution in [0.15, 0.2) is 0 Å². The van der Waals surface area contributed by atoms with Crippen LogP contribution in [0.3, 0.4) is 0 Å². The maximum absolute atomic E-state index is 3.50. The van der Waals surface area contributed by atoms with E-state index in [1.165, 1.54) is 32.4 Å². The van der Waals surface area contributed by atoms with Crippen molar-refractivity contribution in [3.05, 3.63) is 0 Å². The third-order valence-electron chi connectivity index (χ3n) is 2.89. The highest BCUT2D eigenvalue weighted by Gasteiger charge is 2.27. The van der Waals surface area contributed by atoms with E-state index in [-0.39, 0.29) is 0 Å². The highest BCUT2D eigenvalue weighted by molar-refractivity contribution is 4.84. The molecule has 3 heteroatoms. The monoisotopic (exact) mass is 213 g/mol. The minimum atomic E-state index is 0.917. The normalized spacial score (nSPS) is 16.6. The molecule has 0 unspecified atom stereocenters. The lowest BCUT2D eigenvalue weighted by Crippen LogP contribution is -2.36. The fourth-order valence-corrected chi connectivity index (χ4v) is 1.85. The maximum Gasteiger partial charge on any atom is 0.0110 e. The average Bonchev–Trinajstić information content (AvgIpc) is 2.98. The Morgan fingerprint density at radius 3 is 2.27 bits per heavy atom. The van der Waals surface area contributed by atoms with Crippen LogP contribution in [-0.4, -0.2) is 62.7 Å². The highest BCUT2D eigenvalue weighted by atomic mass is 15.2. The molecule has 0 bridgehead atoms. The zero-order chi connectivity index (χ0) is 11.1. The second-order valence-electron chi connectivity index (χ2n) is 4.82. The summed E-state index contributed by atoms with van der Waals surface area (Å²) in [4.78, 5) is 4.86. The average molecular weight is 213 g/mol. The van der Waals surface area contributed by atoms with Crippen molar-refractivity contribution < 1.29 is 0 Å². The zero-order valence-electron chi connectivity index (χ0n) is 10.6. The number of hydrogen-bond donors (Lipinski definition) is 1. The summed E-state index contributed by atoms with van der Waals surface area (Å²) in [5, 5.41) is 3.50. The first kappa shape index (κ1) is 12.9. The van der Waals surface area contributed by atoms with E-state index in [1.807, 2.05) is 0 Å². The second-order valence-corrected chi connectivity index (χ2v) is 4.82. The molecule has 1 aliphatic carbocycles. The van der Waals surface area contributed by atoms with Gasteiger partial charge in [-0.25, -0.2) is 0 Å². The van der Waals surface area contributed by atoms with E-state index in [1.54, 1.807) is 0 Å². The Hall–Kier alpha value is -0.120. The van der Waals surface area contributed by atoms with Crippen LogP contribution >= 0.6 is 0 Å². The van der Waals surface area contributed by atoms with Gasteiger partial charge in [-0.3, -0.25) is 4.90 Å². The molecule has 0 aromatic carbocycles. The first-order chi connectivity index (χ1) is 7.24. The molecule has 90 valence electrons. The van der Waals surface area contributed by atoms with Gasteiger partial charge in [-0.05, 0) is 39.9 Å². The van der Waals surface area contributed by atoms with Crippen molar-refractivity contribution in [1.29, 1.82) is 0 Å².